The van der Waals surface area contributed by atoms with Crippen molar-refractivity contribution in [1.29, 1.82) is 0 Å². The van der Waals surface area contributed by atoms with Gasteiger partial charge in [0.25, 0.3) is 0 Å². The van der Waals surface area contributed by atoms with Crippen molar-refractivity contribution in [1.82, 2.24) is 9.78 Å². The Hall–Kier alpha value is -1.28. The Morgan fingerprint density at radius 2 is 1.78 bits per heavy atom. The zero-order valence-electron chi connectivity index (χ0n) is 11.4. The fourth-order valence-corrected chi connectivity index (χ4v) is 1.97. The van der Waals surface area contributed by atoms with Gasteiger partial charge in [-0.15, -0.1) is 0 Å². The third kappa shape index (κ3) is 2.59. The summed E-state index contributed by atoms with van der Waals surface area (Å²) in [6.07, 6.45) is 0.964. The summed E-state index contributed by atoms with van der Waals surface area (Å²) < 4.78 is 2.01. The molecule has 96 valence electrons. The highest BCUT2D eigenvalue weighted by Crippen LogP contribution is 2.24. The van der Waals surface area contributed by atoms with E-state index in [0.29, 0.717) is 0 Å². The van der Waals surface area contributed by atoms with E-state index >= 15 is 0 Å². The van der Waals surface area contributed by atoms with E-state index < -0.39 is 0 Å². The summed E-state index contributed by atoms with van der Waals surface area (Å²) in [5.41, 5.74) is 3.48. The van der Waals surface area contributed by atoms with E-state index in [-0.39, 0.29) is 5.41 Å². The van der Waals surface area contributed by atoms with E-state index in [4.69, 9.17) is 16.7 Å². The zero-order valence-corrected chi connectivity index (χ0v) is 12.1. The van der Waals surface area contributed by atoms with Gasteiger partial charge >= 0.3 is 0 Å². The second-order valence-corrected chi connectivity index (χ2v) is 5.95. The Morgan fingerprint density at radius 1 is 1.17 bits per heavy atom. The number of halogens is 1. The van der Waals surface area contributed by atoms with Crippen LogP contribution < -0.4 is 0 Å². The van der Waals surface area contributed by atoms with Gasteiger partial charge in [-0.2, -0.15) is 5.10 Å². The molecular weight excluding hydrogens is 244 g/mol. The van der Waals surface area contributed by atoms with Crippen molar-refractivity contribution in [3.63, 3.8) is 0 Å². The first-order valence-electron chi connectivity index (χ1n) is 6.27. The summed E-state index contributed by atoms with van der Waals surface area (Å²) >= 11 is 5.92. The van der Waals surface area contributed by atoms with E-state index in [1.807, 2.05) is 28.9 Å². The maximum Gasteiger partial charge on any atom is 0.0685 e. The smallest absolute Gasteiger partial charge is 0.0685 e. The minimum Gasteiger partial charge on any atom is -0.238 e. The molecule has 1 heterocycles. The maximum absolute atomic E-state index is 5.92. The number of hydrogen-bond donors (Lipinski definition) is 0. The van der Waals surface area contributed by atoms with Crippen LogP contribution in [0.2, 0.25) is 5.02 Å². The normalized spacial score (nSPS) is 11.8. The van der Waals surface area contributed by atoms with Crippen molar-refractivity contribution >= 4 is 11.6 Å². The lowest BCUT2D eigenvalue weighted by molar-refractivity contribution is 0.560. The van der Waals surface area contributed by atoms with Gasteiger partial charge in [0, 0.05) is 16.1 Å². The van der Waals surface area contributed by atoms with Gasteiger partial charge < -0.3 is 0 Å². The lowest BCUT2D eigenvalue weighted by Crippen LogP contribution is -2.12. The van der Waals surface area contributed by atoms with Crippen molar-refractivity contribution in [3.05, 3.63) is 46.7 Å². The van der Waals surface area contributed by atoms with Crippen LogP contribution in [0.5, 0.6) is 0 Å². The van der Waals surface area contributed by atoms with Crippen LogP contribution in [0.3, 0.4) is 0 Å². The zero-order chi connectivity index (χ0) is 13.3. The number of benzene rings is 1. The van der Waals surface area contributed by atoms with Crippen LogP contribution in [0.1, 0.15) is 39.1 Å². The molecule has 0 aliphatic rings. The first-order valence-corrected chi connectivity index (χ1v) is 6.65. The minimum absolute atomic E-state index is 0.0710. The van der Waals surface area contributed by atoms with Crippen LogP contribution in [0.4, 0.5) is 0 Å². The quantitative estimate of drug-likeness (QED) is 0.785. The van der Waals surface area contributed by atoms with Gasteiger partial charge in [-0.3, -0.25) is 0 Å². The van der Waals surface area contributed by atoms with Crippen molar-refractivity contribution in [2.24, 2.45) is 0 Å². The largest absolute Gasteiger partial charge is 0.238 e. The summed E-state index contributed by atoms with van der Waals surface area (Å²) in [7, 11) is 0. The molecule has 0 unspecified atom stereocenters. The highest BCUT2D eigenvalue weighted by Gasteiger charge is 2.19. The summed E-state index contributed by atoms with van der Waals surface area (Å²) in [4.78, 5) is 0. The number of nitrogens with zero attached hydrogens (tertiary/aromatic N) is 2. The van der Waals surface area contributed by atoms with E-state index in [9.17, 15) is 0 Å². The lowest BCUT2D eigenvalue weighted by Gasteiger charge is -2.14. The fraction of sp³-hybridized carbons (Fsp3) is 0.400. The topological polar surface area (TPSA) is 17.8 Å². The standard InChI is InChI=1S/C15H19ClN2/c1-5-12-10-14(15(2,3)4)17-18(12)13-8-6-11(16)7-9-13/h6-10H,5H2,1-4H3. The van der Waals surface area contributed by atoms with Crippen LogP contribution in [0.15, 0.2) is 30.3 Å². The number of aryl methyl sites for hydroxylation is 1. The molecule has 0 saturated carbocycles. The highest BCUT2D eigenvalue weighted by atomic mass is 35.5. The molecule has 2 nitrogen and oxygen atoms in total. The molecular formula is C15H19ClN2. The number of rotatable bonds is 2. The second kappa shape index (κ2) is 4.77. The maximum atomic E-state index is 5.92. The Morgan fingerprint density at radius 3 is 2.28 bits per heavy atom. The summed E-state index contributed by atoms with van der Waals surface area (Å²) in [6, 6.07) is 9.99. The third-order valence-corrected chi connectivity index (χ3v) is 3.24. The average Bonchev–Trinajstić information content (AvgIpc) is 2.73. The van der Waals surface area contributed by atoms with Crippen LogP contribution >= 0.6 is 11.6 Å². The van der Waals surface area contributed by atoms with Gasteiger partial charge in [0.05, 0.1) is 11.4 Å². The van der Waals surface area contributed by atoms with Gasteiger partial charge in [-0.05, 0) is 36.8 Å². The molecule has 0 fully saturated rings. The Labute approximate surface area is 114 Å². The molecule has 0 aliphatic heterocycles. The predicted molar refractivity (Wildman–Crippen MR) is 76.7 cm³/mol. The molecule has 3 heteroatoms. The average molecular weight is 263 g/mol. The molecule has 2 aromatic rings. The Kier molecular flexibility index (Phi) is 3.49. The van der Waals surface area contributed by atoms with E-state index in [2.05, 4.69) is 33.8 Å². The van der Waals surface area contributed by atoms with Crippen molar-refractivity contribution in [2.75, 3.05) is 0 Å². The molecule has 0 saturated heterocycles. The SMILES string of the molecule is CCc1cc(C(C)(C)C)nn1-c1ccc(Cl)cc1. The first kappa shape index (κ1) is 13.2. The van der Waals surface area contributed by atoms with Gasteiger partial charge in [-0.25, -0.2) is 4.68 Å². The number of aromatic nitrogens is 2. The van der Waals surface area contributed by atoms with Crippen LogP contribution in [0, 0.1) is 0 Å². The Bertz CT molecular complexity index is 533. The monoisotopic (exact) mass is 262 g/mol. The fourth-order valence-electron chi connectivity index (χ4n) is 1.84. The predicted octanol–water partition coefficient (Wildman–Crippen LogP) is 4.39. The van der Waals surface area contributed by atoms with Gasteiger partial charge in [-0.1, -0.05) is 39.3 Å². The molecule has 0 amide bonds. The van der Waals surface area contributed by atoms with Gasteiger partial charge in [0.2, 0.25) is 0 Å². The van der Waals surface area contributed by atoms with Crippen LogP contribution in [-0.4, -0.2) is 9.78 Å². The summed E-state index contributed by atoms with van der Waals surface area (Å²) in [5.74, 6) is 0. The van der Waals surface area contributed by atoms with Crippen molar-refractivity contribution < 1.29 is 0 Å². The summed E-state index contributed by atoms with van der Waals surface area (Å²) in [5, 5.41) is 5.48. The van der Waals surface area contributed by atoms with Crippen LogP contribution in [-0.2, 0) is 11.8 Å². The van der Waals surface area contributed by atoms with Crippen LogP contribution in [0.25, 0.3) is 5.69 Å². The molecule has 1 aromatic heterocycles. The molecule has 0 bridgehead atoms. The molecule has 18 heavy (non-hydrogen) atoms. The summed E-state index contributed by atoms with van der Waals surface area (Å²) in [6.45, 7) is 8.69. The van der Waals surface area contributed by atoms with Crippen molar-refractivity contribution in [2.45, 2.75) is 39.5 Å². The molecule has 1 aromatic carbocycles. The van der Waals surface area contributed by atoms with Crippen molar-refractivity contribution in [3.8, 4) is 5.69 Å². The van der Waals surface area contributed by atoms with E-state index in [0.717, 1.165) is 22.8 Å². The van der Waals surface area contributed by atoms with E-state index in [1.165, 1.54) is 5.69 Å². The number of hydrogen-bond acceptors (Lipinski definition) is 1. The van der Waals surface area contributed by atoms with E-state index in [1.54, 1.807) is 0 Å². The first-order chi connectivity index (χ1) is 8.41. The molecule has 0 N–H and O–H groups in total. The minimum atomic E-state index is 0.0710. The highest BCUT2D eigenvalue weighted by molar-refractivity contribution is 6.30. The third-order valence-electron chi connectivity index (χ3n) is 2.98. The molecule has 0 radical (unpaired) electrons. The van der Waals surface area contributed by atoms with Gasteiger partial charge in [0.15, 0.2) is 0 Å². The van der Waals surface area contributed by atoms with Gasteiger partial charge in [0.1, 0.15) is 0 Å². The Balaban J connectivity index is 2.50. The molecule has 0 aliphatic carbocycles. The molecule has 2 rings (SSSR count). The second-order valence-electron chi connectivity index (χ2n) is 5.51. The molecule has 0 atom stereocenters. The molecule has 0 spiro atoms. The lowest BCUT2D eigenvalue weighted by atomic mass is 9.92.